The van der Waals surface area contributed by atoms with Gasteiger partial charge in [-0.05, 0) is 61.4 Å². The second kappa shape index (κ2) is 10.9. The summed E-state index contributed by atoms with van der Waals surface area (Å²) in [7, 11) is 0. The van der Waals surface area contributed by atoms with Gasteiger partial charge in [-0.15, -0.1) is 0 Å². The number of benzene rings is 2. The van der Waals surface area contributed by atoms with Crippen LogP contribution < -0.4 is 9.47 Å². The molecule has 178 valence electrons. The molecule has 0 spiro atoms. The average molecular weight is 472 g/mol. The number of hydrogen-bond donors (Lipinski definition) is 0. The molecule has 0 aliphatic carbocycles. The summed E-state index contributed by atoms with van der Waals surface area (Å²) in [6, 6.07) is 10.8. The summed E-state index contributed by atoms with van der Waals surface area (Å²) in [5, 5.41) is 0. The van der Waals surface area contributed by atoms with E-state index in [-0.39, 0.29) is 23.7 Å². The van der Waals surface area contributed by atoms with Crippen molar-refractivity contribution in [2.24, 2.45) is 0 Å². The van der Waals surface area contributed by atoms with Crippen LogP contribution in [0, 0.1) is 0 Å². The van der Waals surface area contributed by atoms with Crippen molar-refractivity contribution in [2.45, 2.75) is 38.5 Å². The molecule has 1 atom stereocenters. The lowest BCUT2D eigenvalue weighted by Crippen LogP contribution is -2.49. The van der Waals surface area contributed by atoms with Crippen LogP contribution in [0.1, 0.15) is 36.2 Å². The predicted octanol–water partition coefficient (Wildman–Crippen LogP) is 5.84. The number of carbonyl (C=O) groups is 2. The van der Waals surface area contributed by atoms with Gasteiger partial charge in [-0.25, -0.2) is 9.59 Å². The van der Waals surface area contributed by atoms with Gasteiger partial charge in [0.1, 0.15) is 11.5 Å². The van der Waals surface area contributed by atoms with E-state index in [2.05, 4.69) is 0 Å². The Hall–Kier alpha value is -3.43. The second-order valence-electron chi connectivity index (χ2n) is 6.70. The summed E-state index contributed by atoms with van der Waals surface area (Å²) < 4.78 is 79.5. The summed E-state index contributed by atoms with van der Waals surface area (Å²) in [4.78, 5) is 23.6. The molecular formula is C23H21F5O5. The number of halogens is 5. The van der Waals surface area contributed by atoms with Gasteiger partial charge in [0, 0.05) is 6.08 Å². The van der Waals surface area contributed by atoms with Crippen molar-refractivity contribution in [1.29, 1.82) is 0 Å². The van der Waals surface area contributed by atoms with Crippen molar-refractivity contribution in [3.8, 4) is 11.5 Å². The zero-order chi connectivity index (χ0) is 24.6. The molecule has 0 heterocycles. The van der Waals surface area contributed by atoms with Crippen LogP contribution in [0.5, 0.6) is 11.5 Å². The Morgan fingerprint density at radius 2 is 1.48 bits per heavy atom. The highest BCUT2D eigenvalue weighted by molar-refractivity contribution is 5.91. The van der Waals surface area contributed by atoms with E-state index in [1.165, 1.54) is 36.4 Å². The molecule has 0 bridgehead atoms. The number of ether oxygens (including phenoxy) is 3. The summed E-state index contributed by atoms with van der Waals surface area (Å²) in [5.74, 6) is -6.44. The molecule has 2 aromatic carbocycles. The summed E-state index contributed by atoms with van der Waals surface area (Å²) >= 11 is 0. The molecule has 5 nitrogen and oxygen atoms in total. The van der Waals surface area contributed by atoms with Crippen molar-refractivity contribution in [3.63, 3.8) is 0 Å². The molecule has 0 aromatic heterocycles. The van der Waals surface area contributed by atoms with Gasteiger partial charge in [0.25, 0.3) is 0 Å². The molecule has 0 amide bonds. The Morgan fingerprint density at radius 1 is 0.909 bits per heavy atom. The zero-order valence-electron chi connectivity index (χ0n) is 17.7. The van der Waals surface area contributed by atoms with Crippen LogP contribution in [0.15, 0.2) is 54.6 Å². The van der Waals surface area contributed by atoms with Crippen molar-refractivity contribution >= 4 is 18.0 Å². The molecule has 0 saturated carbocycles. The van der Waals surface area contributed by atoms with Crippen molar-refractivity contribution < 1.29 is 45.8 Å². The van der Waals surface area contributed by atoms with Crippen LogP contribution >= 0.6 is 0 Å². The van der Waals surface area contributed by atoms with E-state index in [4.69, 9.17) is 14.2 Å². The topological polar surface area (TPSA) is 61.8 Å². The first-order valence-corrected chi connectivity index (χ1v) is 9.86. The SMILES string of the molecule is CCOC(=O)/C=C/c1ccc(C(=O)Oc2ccc(OC(CC)C(F)(F)C(F)(F)F)cc2)cc1. The third kappa shape index (κ3) is 7.03. The lowest BCUT2D eigenvalue weighted by atomic mass is 10.1. The molecule has 2 aromatic rings. The molecule has 0 N–H and O–H groups in total. The minimum Gasteiger partial charge on any atom is -0.484 e. The summed E-state index contributed by atoms with van der Waals surface area (Å²) in [6.07, 6.45) is -5.96. The van der Waals surface area contributed by atoms with Crippen LogP contribution in [-0.2, 0) is 9.53 Å². The van der Waals surface area contributed by atoms with Gasteiger partial charge in [-0.3, -0.25) is 0 Å². The van der Waals surface area contributed by atoms with E-state index in [0.29, 0.717) is 5.56 Å². The Morgan fingerprint density at radius 3 is 2.00 bits per heavy atom. The van der Waals surface area contributed by atoms with Crippen LogP contribution in [0.2, 0.25) is 0 Å². The standard InChI is InChI=1S/C23H21F5O5/c1-3-19(22(24,25)23(26,27)28)32-17-10-12-18(13-11-17)33-21(30)16-8-5-15(6-9-16)7-14-20(29)31-4-2/h5-14,19H,3-4H2,1-2H3/b14-7+. The maximum absolute atomic E-state index is 13.5. The number of rotatable bonds is 9. The second-order valence-corrected chi connectivity index (χ2v) is 6.70. The lowest BCUT2D eigenvalue weighted by molar-refractivity contribution is -0.309. The maximum Gasteiger partial charge on any atom is 0.457 e. The Kier molecular flexibility index (Phi) is 8.56. The summed E-state index contributed by atoms with van der Waals surface area (Å²) in [6.45, 7) is 3.08. The van der Waals surface area contributed by atoms with Gasteiger partial charge >= 0.3 is 24.0 Å². The van der Waals surface area contributed by atoms with Crippen LogP contribution in [0.25, 0.3) is 6.08 Å². The van der Waals surface area contributed by atoms with Crippen LogP contribution in [0.4, 0.5) is 22.0 Å². The Bertz CT molecular complexity index is 966. The highest BCUT2D eigenvalue weighted by Crippen LogP contribution is 2.40. The number of carbonyl (C=O) groups excluding carboxylic acids is 2. The van der Waals surface area contributed by atoms with E-state index < -0.39 is 36.6 Å². The first kappa shape index (κ1) is 25.8. The van der Waals surface area contributed by atoms with Gasteiger partial charge in [-0.1, -0.05) is 19.1 Å². The molecule has 0 aliphatic rings. The molecule has 0 fully saturated rings. The van der Waals surface area contributed by atoms with E-state index in [0.717, 1.165) is 19.1 Å². The molecule has 0 saturated heterocycles. The van der Waals surface area contributed by atoms with Crippen molar-refractivity contribution in [1.82, 2.24) is 0 Å². The van der Waals surface area contributed by atoms with Gasteiger partial charge in [0.05, 0.1) is 12.2 Å². The van der Waals surface area contributed by atoms with Gasteiger partial charge < -0.3 is 14.2 Å². The Labute approximate surface area is 186 Å². The number of alkyl halides is 5. The highest BCUT2D eigenvalue weighted by Gasteiger charge is 2.63. The maximum atomic E-state index is 13.5. The monoisotopic (exact) mass is 472 g/mol. The smallest absolute Gasteiger partial charge is 0.457 e. The van der Waals surface area contributed by atoms with Crippen molar-refractivity contribution in [3.05, 3.63) is 65.7 Å². The summed E-state index contributed by atoms with van der Waals surface area (Å²) in [5.41, 5.74) is 0.835. The fraction of sp³-hybridized carbons (Fsp3) is 0.304. The van der Waals surface area contributed by atoms with E-state index >= 15 is 0 Å². The number of esters is 2. The predicted molar refractivity (Wildman–Crippen MR) is 109 cm³/mol. The number of hydrogen-bond acceptors (Lipinski definition) is 5. The molecular weight excluding hydrogens is 451 g/mol. The van der Waals surface area contributed by atoms with Crippen LogP contribution in [-0.4, -0.2) is 36.7 Å². The first-order chi connectivity index (χ1) is 15.5. The molecule has 1 unspecified atom stereocenters. The third-order valence-electron chi connectivity index (χ3n) is 4.31. The third-order valence-corrected chi connectivity index (χ3v) is 4.31. The normalized spacial score (nSPS) is 12.9. The van der Waals surface area contributed by atoms with Crippen LogP contribution in [0.3, 0.4) is 0 Å². The molecule has 0 radical (unpaired) electrons. The first-order valence-electron chi connectivity index (χ1n) is 9.86. The van der Waals surface area contributed by atoms with Crippen molar-refractivity contribution in [2.75, 3.05) is 6.61 Å². The van der Waals surface area contributed by atoms with E-state index in [9.17, 15) is 31.5 Å². The molecule has 33 heavy (non-hydrogen) atoms. The minimum absolute atomic E-state index is 0.0364. The largest absolute Gasteiger partial charge is 0.484 e. The average Bonchev–Trinajstić information content (AvgIpc) is 2.76. The molecule has 2 rings (SSSR count). The highest BCUT2D eigenvalue weighted by atomic mass is 19.4. The lowest BCUT2D eigenvalue weighted by Gasteiger charge is -2.28. The molecule has 0 aliphatic heterocycles. The molecule has 10 heteroatoms. The van der Waals surface area contributed by atoms with E-state index in [1.807, 2.05) is 0 Å². The quantitative estimate of drug-likeness (QED) is 0.199. The van der Waals surface area contributed by atoms with Gasteiger partial charge in [0.2, 0.25) is 0 Å². The fourth-order valence-electron chi connectivity index (χ4n) is 2.60. The Balaban J connectivity index is 2.00. The van der Waals surface area contributed by atoms with Gasteiger partial charge in [0.15, 0.2) is 6.10 Å². The van der Waals surface area contributed by atoms with Gasteiger partial charge in [-0.2, -0.15) is 22.0 Å². The van der Waals surface area contributed by atoms with E-state index in [1.54, 1.807) is 19.1 Å². The fourth-order valence-corrected chi connectivity index (χ4v) is 2.60. The zero-order valence-corrected chi connectivity index (χ0v) is 17.7. The minimum atomic E-state index is -5.74.